The molecule has 0 radical (unpaired) electrons. The summed E-state index contributed by atoms with van der Waals surface area (Å²) in [5, 5.41) is 2.78. The minimum atomic E-state index is -0.533. The number of rotatable bonds is 3. The van der Waals surface area contributed by atoms with E-state index in [0.717, 1.165) is 42.4 Å². The number of amides is 3. The summed E-state index contributed by atoms with van der Waals surface area (Å²) in [6, 6.07) is 3.95. The molecule has 0 saturated carbocycles. The number of carbonyl (C=O) groups is 3. The predicted molar refractivity (Wildman–Crippen MR) is 122 cm³/mol. The number of hydrogen-bond acceptors (Lipinski definition) is 6. The number of carbonyl (C=O) groups excluding carboxylic acids is 3. The number of nitrogens with two attached hydrogens (primary N) is 1. The van der Waals surface area contributed by atoms with Crippen LogP contribution in [0.1, 0.15) is 43.1 Å². The first-order valence-electron chi connectivity index (χ1n) is 10.6. The lowest BCUT2D eigenvalue weighted by atomic mass is 9.84. The van der Waals surface area contributed by atoms with Crippen molar-refractivity contribution in [3.8, 4) is 0 Å². The second-order valence-electron chi connectivity index (χ2n) is 8.61. The molecule has 3 aliphatic rings. The first kappa shape index (κ1) is 20.6. The molecule has 2 aromatic rings. The number of fused-ring (bicyclic) bond motifs is 1. The molecule has 0 aliphatic carbocycles. The quantitative estimate of drug-likeness (QED) is 0.732. The fraction of sp³-hybridized carbons (Fsp3) is 0.524. The van der Waals surface area contributed by atoms with Gasteiger partial charge in [-0.15, -0.1) is 11.3 Å². The fourth-order valence-corrected chi connectivity index (χ4v) is 6.80. The first-order valence-corrected chi connectivity index (χ1v) is 12.4. The van der Waals surface area contributed by atoms with Crippen LogP contribution < -0.4 is 5.73 Å². The van der Waals surface area contributed by atoms with Crippen molar-refractivity contribution in [2.45, 2.75) is 43.4 Å². The molecule has 10 heteroatoms. The number of thiophene rings is 1. The lowest BCUT2D eigenvalue weighted by molar-refractivity contribution is -0.138. The smallest absolute Gasteiger partial charge is 0.270 e. The second kappa shape index (κ2) is 7.67. The number of piperidine rings is 1. The molecule has 164 valence electrons. The number of nitrogens with zero attached hydrogens (tertiary/aromatic N) is 3. The van der Waals surface area contributed by atoms with Gasteiger partial charge in [-0.2, -0.15) is 4.99 Å². The van der Waals surface area contributed by atoms with Gasteiger partial charge < -0.3 is 20.5 Å². The van der Waals surface area contributed by atoms with E-state index in [2.05, 4.69) is 9.98 Å². The molecule has 5 heterocycles. The molecular weight excluding hydrogens is 434 g/mol. The van der Waals surface area contributed by atoms with Crippen LogP contribution in [0.15, 0.2) is 22.5 Å². The average molecular weight is 460 g/mol. The highest BCUT2D eigenvalue weighted by Gasteiger charge is 2.47. The highest BCUT2D eigenvalue weighted by molar-refractivity contribution is 8.15. The average Bonchev–Trinajstić information content (AvgIpc) is 3.51. The number of aromatic amines is 1. The summed E-state index contributed by atoms with van der Waals surface area (Å²) in [6.07, 6.45) is 3.47. The maximum atomic E-state index is 13.3. The van der Waals surface area contributed by atoms with Crippen LogP contribution in [-0.4, -0.2) is 68.1 Å². The van der Waals surface area contributed by atoms with Crippen molar-refractivity contribution >= 4 is 56.2 Å². The molecule has 31 heavy (non-hydrogen) atoms. The molecule has 8 nitrogen and oxygen atoms in total. The molecule has 2 saturated heterocycles. The first-order chi connectivity index (χ1) is 14.9. The Morgan fingerprint density at radius 2 is 2.06 bits per heavy atom. The van der Waals surface area contributed by atoms with Gasteiger partial charge in [0.05, 0.1) is 5.92 Å². The van der Waals surface area contributed by atoms with Gasteiger partial charge in [0.25, 0.3) is 11.8 Å². The molecule has 3 N–H and O–H groups in total. The zero-order chi connectivity index (χ0) is 21.8. The number of hydrogen-bond donors (Lipinski definition) is 2. The van der Waals surface area contributed by atoms with E-state index in [0.29, 0.717) is 18.8 Å². The molecule has 2 unspecified atom stereocenters. The standard InChI is InChI=1S/C21H25N5O3S2/c1-12(15-16(27)24-20(22)31-15)18(28)25-8-5-21(6-9-25)4-2-7-26(21)19(29)14-11-13-3-10-30-17(13)23-14/h3,10-12,15,23H,2,4-9H2,1H3,(H2,22,24,27). The summed E-state index contributed by atoms with van der Waals surface area (Å²) in [6.45, 7) is 3.71. The lowest BCUT2D eigenvalue weighted by Crippen LogP contribution is -2.56. The van der Waals surface area contributed by atoms with Gasteiger partial charge in [-0.3, -0.25) is 14.4 Å². The van der Waals surface area contributed by atoms with E-state index >= 15 is 0 Å². The Morgan fingerprint density at radius 3 is 2.74 bits per heavy atom. The monoisotopic (exact) mass is 459 g/mol. The minimum absolute atomic E-state index is 0.0360. The summed E-state index contributed by atoms with van der Waals surface area (Å²) in [5.41, 5.74) is 6.10. The molecular formula is C21H25N5O3S2. The van der Waals surface area contributed by atoms with Crippen LogP contribution in [0.4, 0.5) is 0 Å². The maximum Gasteiger partial charge on any atom is 0.270 e. The van der Waals surface area contributed by atoms with Crippen LogP contribution in [-0.2, 0) is 9.59 Å². The normalized spacial score (nSPS) is 24.2. The number of H-pyrrole nitrogens is 1. The number of nitrogens with one attached hydrogen (secondary N) is 1. The topological polar surface area (TPSA) is 112 Å². The SMILES string of the molecule is CC(C(=O)N1CCC2(CCCN2C(=O)c2cc3ccsc3[nH]2)CC1)C1SC(N)=NC1=O. The van der Waals surface area contributed by atoms with Crippen LogP contribution in [0.2, 0.25) is 0 Å². The van der Waals surface area contributed by atoms with Crippen molar-refractivity contribution < 1.29 is 14.4 Å². The van der Waals surface area contributed by atoms with Crippen molar-refractivity contribution in [2.24, 2.45) is 16.6 Å². The fourth-order valence-electron chi connectivity index (χ4n) is 5.14. The minimum Gasteiger partial charge on any atom is -0.378 e. The third-order valence-electron chi connectivity index (χ3n) is 6.88. The largest absolute Gasteiger partial charge is 0.378 e. The van der Waals surface area contributed by atoms with E-state index in [1.54, 1.807) is 18.3 Å². The Morgan fingerprint density at radius 1 is 1.29 bits per heavy atom. The molecule has 1 spiro atoms. The molecule has 2 fully saturated rings. The van der Waals surface area contributed by atoms with Crippen molar-refractivity contribution in [3.05, 3.63) is 23.2 Å². The number of thioether (sulfide) groups is 1. The van der Waals surface area contributed by atoms with E-state index in [1.165, 1.54) is 11.8 Å². The third-order valence-corrected chi connectivity index (χ3v) is 8.92. The Kier molecular flexibility index (Phi) is 5.09. The van der Waals surface area contributed by atoms with Gasteiger partial charge in [-0.1, -0.05) is 18.7 Å². The second-order valence-corrected chi connectivity index (χ2v) is 10.7. The Balaban J connectivity index is 1.26. The number of amidine groups is 1. The van der Waals surface area contributed by atoms with Crippen LogP contribution in [0, 0.1) is 5.92 Å². The predicted octanol–water partition coefficient (Wildman–Crippen LogP) is 2.42. The van der Waals surface area contributed by atoms with Gasteiger partial charge >= 0.3 is 0 Å². The van der Waals surface area contributed by atoms with Crippen molar-refractivity contribution in [1.29, 1.82) is 0 Å². The zero-order valence-corrected chi connectivity index (χ0v) is 18.9. The van der Waals surface area contributed by atoms with Crippen molar-refractivity contribution in [3.63, 3.8) is 0 Å². The number of likely N-dealkylation sites (tertiary alicyclic amines) is 2. The van der Waals surface area contributed by atoms with E-state index in [4.69, 9.17) is 5.73 Å². The van der Waals surface area contributed by atoms with Gasteiger partial charge in [0, 0.05) is 30.6 Å². The molecule has 2 atom stereocenters. The van der Waals surface area contributed by atoms with Gasteiger partial charge in [0.1, 0.15) is 15.8 Å². The summed E-state index contributed by atoms with van der Waals surface area (Å²) < 4.78 is 0. The number of aromatic nitrogens is 1. The van der Waals surface area contributed by atoms with E-state index < -0.39 is 11.2 Å². The van der Waals surface area contributed by atoms with Gasteiger partial charge in [0.15, 0.2) is 5.17 Å². The van der Waals surface area contributed by atoms with Crippen LogP contribution in [0.25, 0.3) is 10.2 Å². The van der Waals surface area contributed by atoms with Gasteiger partial charge in [-0.05, 0) is 43.2 Å². The molecule has 0 bridgehead atoms. The zero-order valence-electron chi connectivity index (χ0n) is 17.3. The maximum absolute atomic E-state index is 13.3. The Labute approximate surface area is 188 Å². The van der Waals surface area contributed by atoms with Crippen molar-refractivity contribution in [2.75, 3.05) is 19.6 Å². The van der Waals surface area contributed by atoms with Gasteiger partial charge in [0.2, 0.25) is 5.91 Å². The third kappa shape index (κ3) is 3.45. The van der Waals surface area contributed by atoms with E-state index in [-0.39, 0.29) is 28.4 Å². The summed E-state index contributed by atoms with van der Waals surface area (Å²) in [5.74, 6) is -0.777. The molecule has 0 aromatic carbocycles. The van der Waals surface area contributed by atoms with Crippen LogP contribution >= 0.6 is 23.1 Å². The molecule has 3 amide bonds. The highest BCUT2D eigenvalue weighted by Crippen LogP contribution is 2.40. The van der Waals surface area contributed by atoms with Gasteiger partial charge in [-0.25, -0.2) is 0 Å². The summed E-state index contributed by atoms with van der Waals surface area (Å²) in [7, 11) is 0. The lowest BCUT2D eigenvalue weighted by Gasteiger charge is -2.45. The van der Waals surface area contributed by atoms with Crippen LogP contribution in [0.5, 0.6) is 0 Å². The van der Waals surface area contributed by atoms with E-state index in [1.807, 2.05) is 27.3 Å². The Hall–Kier alpha value is -2.33. The Bertz CT molecular complexity index is 1050. The molecule has 5 rings (SSSR count). The number of aliphatic imine (C=N–C) groups is 1. The van der Waals surface area contributed by atoms with Crippen LogP contribution in [0.3, 0.4) is 0 Å². The molecule has 2 aromatic heterocycles. The van der Waals surface area contributed by atoms with Crippen molar-refractivity contribution in [1.82, 2.24) is 14.8 Å². The summed E-state index contributed by atoms with van der Waals surface area (Å²) in [4.78, 5) is 50.2. The van der Waals surface area contributed by atoms with E-state index in [9.17, 15) is 14.4 Å². The highest BCUT2D eigenvalue weighted by atomic mass is 32.2. The summed E-state index contributed by atoms with van der Waals surface area (Å²) >= 11 is 2.77. The molecule has 3 aliphatic heterocycles.